The van der Waals surface area contributed by atoms with Crippen molar-refractivity contribution in [2.24, 2.45) is 0 Å². The molecule has 0 radical (unpaired) electrons. The molecular formula is C44H34N2. The van der Waals surface area contributed by atoms with E-state index in [1.54, 1.807) is 0 Å². The van der Waals surface area contributed by atoms with Crippen LogP contribution in [0.4, 0.5) is 11.4 Å². The Balaban J connectivity index is 1.36. The Hall–Kier alpha value is -5.60. The molecule has 0 atom stereocenters. The molecule has 0 fully saturated rings. The molecule has 2 heteroatoms. The van der Waals surface area contributed by atoms with Gasteiger partial charge in [0.15, 0.2) is 0 Å². The zero-order valence-corrected chi connectivity index (χ0v) is 26.2. The second kappa shape index (κ2) is 10.5. The summed E-state index contributed by atoms with van der Waals surface area (Å²) in [5.74, 6) is 0. The van der Waals surface area contributed by atoms with Gasteiger partial charge in [-0.25, -0.2) is 0 Å². The topological polar surface area (TPSA) is 6.48 Å². The molecule has 0 amide bonds. The number of fused-ring (bicyclic) bond motifs is 16. The minimum atomic E-state index is 0.795. The summed E-state index contributed by atoms with van der Waals surface area (Å²) < 4.78 is 0. The lowest BCUT2D eigenvalue weighted by atomic mass is 9.89. The van der Waals surface area contributed by atoms with Crippen molar-refractivity contribution < 1.29 is 0 Å². The SMILES string of the molecule is CN1Cc2cc(c3c(ccc4ccccc43)c2)-c2ccccc2N(C)Cc2cc(c3c(ccc4ccccc43)c2)-c2ccccc21. The minimum Gasteiger partial charge on any atom is -0.370 e. The van der Waals surface area contributed by atoms with Crippen molar-refractivity contribution in [3.05, 3.63) is 157 Å². The van der Waals surface area contributed by atoms with E-state index in [4.69, 9.17) is 0 Å². The highest BCUT2D eigenvalue weighted by molar-refractivity contribution is 6.17. The number of nitrogens with zero attached hydrogens (tertiary/aromatic N) is 2. The second-order valence-electron chi connectivity index (χ2n) is 12.8. The van der Waals surface area contributed by atoms with E-state index in [1.165, 1.54) is 87.8 Å². The first kappa shape index (κ1) is 26.8. The third-order valence-corrected chi connectivity index (χ3v) is 9.85. The first-order valence-corrected chi connectivity index (χ1v) is 16.1. The van der Waals surface area contributed by atoms with E-state index in [0.29, 0.717) is 0 Å². The molecule has 0 aromatic heterocycles. The van der Waals surface area contributed by atoms with Gasteiger partial charge in [-0.15, -0.1) is 0 Å². The normalized spacial score (nSPS) is 13.2. The number of benzene rings is 8. The number of rotatable bonds is 0. The molecule has 220 valence electrons. The van der Waals surface area contributed by atoms with E-state index in [9.17, 15) is 0 Å². The molecule has 0 spiro atoms. The van der Waals surface area contributed by atoms with Gasteiger partial charge < -0.3 is 9.80 Å². The fraction of sp³-hybridized carbons (Fsp3) is 0.0909. The first-order chi connectivity index (χ1) is 22.6. The van der Waals surface area contributed by atoms with Gasteiger partial charge in [0.25, 0.3) is 0 Å². The summed E-state index contributed by atoms with van der Waals surface area (Å²) in [4.78, 5) is 4.85. The summed E-state index contributed by atoms with van der Waals surface area (Å²) in [6.07, 6.45) is 0. The van der Waals surface area contributed by atoms with E-state index in [1.807, 2.05) is 0 Å². The van der Waals surface area contributed by atoms with Gasteiger partial charge in [-0.2, -0.15) is 0 Å². The number of para-hydroxylation sites is 2. The van der Waals surface area contributed by atoms with E-state index in [0.717, 1.165) is 13.1 Å². The molecule has 0 saturated carbocycles. The average molecular weight is 591 g/mol. The molecule has 1 heterocycles. The van der Waals surface area contributed by atoms with E-state index in [-0.39, 0.29) is 0 Å². The molecule has 2 nitrogen and oxygen atoms in total. The lowest BCUT2D eigenvalue weighted by Gasteiger charge is -2.28. The zero-order chi connectivity index (χ0) is 30.8. The summed E-state index contributed by atoms with van der Waals surface area (Å²) >= 11 is 0. The zero-order valence-electron chi connectivity index (χ0n) is 26.2. The molecule has 0 unspecified atom stereocenters. The van der Waals surface area contributed by atoms with Crippen LogP contribution in [0.2, 0.25) is 0 Å². The third-order valence-electron chi connectivity index (χ3n) is 9.85. The molecule has 1 aliphatic rings. The molecule has 9 rings (SSSR count). The van der Waals surface area contributed by atoms with Gasteiger partial charge in [-0.1, -0.05) is 109 Å². The van der Waals surface area contributed by atoms with Crippen molar-refractivity contribution in [2.75, 3.05) is 23.9 Å². The summed E-state index contributed by atoms with van der Waals surface area (Å²) in [5.41, 5.74) is 10.2. The first-order valence-electron chi connectivity index (χ1n) is 16.1. The highest BCUT2D eigenvalue weighted by atomic mass is 15.1. The van der Waals surface area contributed by atoms with Crippen LogP contribution in [-0.2, 0) is 13.1 Å². The predicted octanol–water partition coefficient (Wildman–Crippen LogP) is 11.2. The Labute approximate surface area is 269 Å². The lowest BCUT2D eigenvalue weighted by molar-refractivity contribution is 0.920. The van der Waals surface area contributed by atoms with Crippen LogP contribution in [0.3, 0.4) is 0 Å². The fourth-order valence-electron chi connectivity index (χ4n) is 7.81. The molecule has 1 aliphatic heterocycles. The van der Waals surface area contributed by atoms with E-state index >= 15 is 0 Å². The molecule has 4 bridgehead atoms. The van der Waals surface area contributed by atoms with Gasteiger partial charge in [0.05, 0.1) is 0 Å². The molecule has 0 aliphatic carbocycles. The summed E-state index contributed by atoms with van der Waals surface area (Å²) in [6.45, 7) is 1.59. The van der Waals surface area contributed by atoms with Crippen LogP contribution >= 0.6 is 0 Å². The Morgan fingerprint density at radius 2 is 0.761 bits per heavy atom. The third kappa shape index (κ3) is 4.25. The van der Waals surface area contributed by atoms with Crippen LogP contribution in [-0.4, -0.2) is 14.1 Å². The number of anilines is 2. The average Bonchev–Trinajstić information content (AvgIpc) is 3.10. The van der Waals surface area contributed by atoms with Gasteiger partial charge in [-0.05, 0) is 102 Å². The van der Waals surface area contributed by atoms with E-state index in [2.05, 4.69) is 169 Å². The predicted molar refractivity (Wildman–Crippen MR) is 198 cm³/mol. The molecule has 8 aromatic rings. The summed E-state index contributed by atoms with van der Waals surface area (Å²) in [7, 11) is 4.47. The molecule has 0 saturated heterocycles. The Morgan fingerprint density at radius 3 is 1.24 bits per heavy atom. The standard InChI is InChI=1S/C44H34N2/c1-45-27-29-23-33-21-19-32-12-4-6-14-36(32)44(33)40(25-29)38-16-8-10-18-42(38)46(2)28-30-24-34-22-20-31-11-3-5-13-35(31)43(34)39(26-30)37-15-7-9-17-41(37)45/h3-26H,27-28H2,1-2H3. The maximum absolute atomic E-state index is 2.44. The quantitative estimate of drug-likeness (QED) is 0.162. The van der Waals surface area contributed by atoms with Crippen molar-refractivity contribution in [3.63, 3.8) is 0 Å². The van der Waals surface area contributed by atoms with Gasteiger partial charge in [-0.3, -0.25) is 0 Å². The van der Waals surface area contributed by atoms with Crippen molar-refractivity contribution in [2.45, 2.75) is 13.1 Å². The largest absolute Gasteiger partial charge is 0.370 e. The summed E-state index contributed by atoms with van der Waals surface area (Å²) in [5, 5.41) is 10.3. The van der Waals surface area contributed by atoms with Gasteiger partial charge in [0.1, 0.15) is 0 Å². The highest BCUT2D eigenvalue weighted by Crippen LogP contribution is 2.43. The van der Waals surface area contributed by atoms with Crippen molar-refractivity contribution >= 4 is 54.5 Å². The minimum absolute atomic E-state index is 0.795. The maximum atomic E-state index is 2.44. The van der Waals surface area contributed by atoms with Crippen molar-refractivity contribution in [1.82, 2.24) is 0 Å². The Bertz CT molecular complexity index is 2300. The van der Waals surface area contributed by atoms with Gasteiger partial charge in [0.2, 0.25) is 0 Å². The van der Waals surface area contributed by atoms with Crippen LogP contribution in [0.25, 0.3) is 65.3 Å². The van der Waals surface area contributed by atoms with Crippen LogP contribution in [0, 0.1) is 0 Å². The Morgan fingerprint density at radius 1 is 0.370 bits per heavy atom. The molecule has 0 N–H and O–H groups in total. The van der Waals surface area contributed by atoms with Crippen LogP contribution in [0.5, 0.6) is 0 Å². The number of hydrogen-bond acceptors (Lipinski definition) is 2. The second-order valence-corrected chi connectivity index (χ2v) is 12.8. The Kier molecular flexibility index (Phi) is 6.11. The van der Waals surface area contributed by atoms with Gasteiger partial charge in [0, 0.05) is 49.7 Å². The monoisotopic (exact) mass is 590 g/mol. The molecule has 46 heavy (non-hydrogen) atoms. The fourth-order valence-corrected chi connectivity index (χ4v) is 7.81. The highest BCUT2D eigenvalue weighted by Gasteiger charge is 2.20. The lowest BCUT2D eigenvalue weighted by Crippen LogP contribution is -2.19. The van der Waals surface area contributed by atoms with E-state index < -0.39 is 0 Å². The number of hydrogen-bond donors (Lipinski definition) is 0. The van der Waals surface area contributed by atoms with Crippen molar-refractivity contribution in [1.29, 1.82) is 0 Å². The van der Waals surface area contributed by atoms with Gasteiger partial charge >= 0.3 is 0 Å². The molecule has 8 aromatic carbocycles. The van der Waals surface area contributed by atoms with Crippen LogP contribution in [0.1, 0.15) is 11.1 Å². The summed E-state index contributed by atoms with van der Waals surface area (Å²) in [6, 6.07) is 54.3. The van der Waals surface area contributed by atoms with Crippen molar-refractivity contribution in [3.8, 4) is 22.3 Å². The molecular weight excluding hydrogens is 556 g/mol. The van der Waals surface area contributed by atoms with Crippen LogP contribution < -0.4 is 9.80 Å². The van der Waals surface area contributed by atoms with Crippen LogP contribution in [0.15, 0.2) is 146 Å². The maximum Gasteiger partial charge on any atom is 0.0446 e. The smallest absolute Gasteiger partial charge is 0.0446 e.